The number of primary amides is 1. The molecule has 0 fully saturated rings. The molecule has 0 radical (unpaired) electrons. The van der Waals surface area contributed by atoms with Crippen LogP contribution in [0.4, 0.5) is 5.69 Å². The van der Waals surface area contributed by atoms with Gasteiger partial charge in [0.15, 0.2) is 11.4 Å². The SMILES string of the molecule is NC(=O)CN1C(=O)[C@@](O)(CC(=O)c2ccccc2)c2ccccc21. The summed E-state index contributed by atoms with van der Waals surface area (Å²) < 4.78 is 0. The number of hydrogen-bond acceptors (Lipinski definition) is 4. The number of ketones is 1. The minimum atomic E-state index is -2.00. The molecular weight excluding hydrogens is 308 g/mol. The second-order valence-electron chi connectivity index (χ2n) is 5.70. The molecule has 0 saturated heterocycles. The number of anilines is 1. The van der Waals surface area contributed by atoms with Crippen molar-refractivity contribution in [2.24, 2.45) is 5.73 Å². The average molecular weight is 324 g/mol. The number of nitrogens with two attached hydrogens (primary N) is 1. The molecule has 3 rings (SSSR count). The Bertz CT molecular complexity index is 819. The van der Waals surface area contributed by atoms with Crippen molar-refractivity contribution in [1.29, 1.82) is 0 Å². The van der Waals surface area contributed by atoms with Crippen molar-refractivity contribution in [3.8, 4) is 0 Å². The number of para-hydroxylation sites is 1. The maximum atomic E-state index is 12.7. The van der Waals surface area contributed by atoms with E-state index >= 15 is 0 Å². The fourth-order valence-corrected chi connectivity index (χ4v) is 2.95. The Balaban J connectivity index is 1.98. The Labute approximate surface area is 138 Å². The number of hydrogen-bond donors (Lipinski definition) is 2. The van der Waals surface area contributed by atoms with Crippen LogP contribution in [0.15, 0.2) is 54.6 Å². The molecule has 0 aliphatic carbocycles. The fraction of sp³-hybridized carbons (Fsp3) is 0.167. The third-order valence-corrected chi connectivity index (χ3v) is 4.07. The van der Waals surface area contributed by atoms with Crippen LogP contribution in [0.25, 0.3) is 0 Å². The van der Waals surface area contributed by atoms with Gasteiger partial charge in [-0.2, -0.15) is 0 Å². The molecule has 2 aromatic rings. The highest BCUT2D eigenvalue weighted by Gasteiger charge is 2.51. The molecule has 1 aliphatic heterocycles. The van der Waals surface area contributed by atoms with Crippen molar-refractivity contribution in [1.82, 2.24) is 0 Å². The molecule has 122 valence electrons. The van der Waals surface area contributed by atoms with Gasteiger partial charge in [-0.25, -0.2) is 0 Å². The van der Waals surface area contributed by atoms with Crippen molar-refractivity contribution in [2.45, 2.75) is 12.0 Å². The Morgan fingerprint density at radius 3 is 2.33 bits per heavy atom. The average Bonchev–Trinajstić information content (AvgIpc) is 2.78. The van der Waals surface area contributed by atoms with Gasteiger partial charge in [0.2, 0.25) is 5.91 Å². The lowest BCUT2D eigenvalue weighted by molar-refractivity contribution is -0.136. The second kappa shape index (κ2) is 5.90. The number of carbonyl (C=O) groups is 3. The molecule has 1 heterocycles. The van der Waals surface area contributed by atoms with E-state index in [9.17, 15) is 19.5 Å². The number of Topliss-reactive ketones (excluding diaryl/α,β-unsaturated/α-hetero) is 1. The predicted molar refractivity (Wildman–Crippen MR) is 87.3 cm³/mol. The molecule has 6 heteroatoms. The first-order valence-electron chi connectivity index (χ1n) is 7.44. The first kappa shape index (κ1) is 15.9. The van der Waals surface area contributed by atoms with Crippen molar-refractivity contribution < 1.29 is 19.5 Å². The monoisotopic (exact) mass is 324 g/mol. The zero-order valence-corrected chi connectivity index (χ0v) is 12.8. The smallest absolute Gasteiger partial charge is 0.264 e. The normalized spacial score (nSPS) is 19.2. The van der Waals surface area contributed by atoms with Gasteiger partial charge in [0.25, 0.3) is 5.91 Å². The number of aliphatic hydroxyl groups is 1. The van der Waals surface area contributed by atoms with E-state index < -0.39 is 23.8 Å². The van der Waals surface area contributed by atoms with Gasteiger partial charge < -0.3 is 10.8 Å². The number of rotatable bonds is 5. The topological polar surface area (TPSA) is 101 Å². The van der Waals surface area contributed by atoms with E-state index in [2.05, 4.69) is 0 Å². The Morgan fingerprint density at radius 1 is 1.04 bits per heavy atom. The first-order valence-corrected chi connectivity index (χ1v) is 7.44. The predicted octanol–water partition coefficient (Wildman–Crippen LogP) is 0.979. The summed E-state index contributed by atoms with van der Waals surface area (Å²) in [7, 11) is 0. The molecule has 0 bridgehead atoms. The lowest BCUT2D eigenvalue weighted by Crippen LogP contribution is -2.44. The van der Waals surface area contributed by atoms with Crippen molar-refractivity contribution in [2.75, 3.05) is 11.4 Å². The second-order valence-corrected chi connectivity index (χ2v) is 5.70. The highest BCUT2D eigenvalue weighted by molar-refractivity contribution is 6.12. The van der Waals surface area contributed by atoms with Crippen LogP contribution in [-0.2, 0) is 15.2 Å². The zero-order chi connectivity index (χ0) is 17.3. The number of carbonyl (C=O) groups excluding carboxylic acids is 3. The van der Waals surface area contributed by atoms with Crippen LogP contribution in [-0.4, -0.2) is 29.2 Å². The van der Waals surface area contributed by atoms with Crippen LogP contribution in [0.1, 0.15) is 22.3 Å². The molecule has 1 aliphatic rings. The van der Waals surface area contributed by atoms with E-state index in [0.717, 1.165) is 4.90 Å². The lowest BCUT2D eigenvalue weighted by atomic mass is 9.88. The minimum absolute atomic E-state index is 0.306. The maximum absolute atomic E-state index is 12.7. The minimum Gasteiger partial charge on any atom is -0.375 e. The standard InChI is InChI=1S/C18H16N2O4/c19-16(22)11-20-14-9-5-4-8-13(14)18(24,17(20)23)10-15(21)12-6-2-1-3-7-12/h1-9,24H,10-11H2,(H2,19,22)/t18-/m1/s1. The summed E-state index contributed by atoms with van der Waals surface area (Å²) in [5.41, 5.74) is 4.30. The van der Waals surface area contributed by atoms with E-state index in [1.807, 2.05) is 0 Å². The molecule has 6 nitrogen and oxygen atoms in total. The van der Waals surface area contributed by atoms with Gasteiger partial charge in [-0.15, -0.1) is 0 Å². The van der Waals surface area contributed by atoms with Crippen LogP contribution < -0.4 is 10.6 Å². The van der Waals surface area contributed by atoms with E-state index in [-0.39, 0.29) is 12.3 Å². The third kappa shape index (κ3) is 2.57. The molecule has 0 aromatic heterocycles. The van der Waals surface area contributed by atoms with Gasteiger partial charge in [-0.3, -0.25) is 19.3 Å². The number of fused-ring (bicyclic) bond motifs is 1. The molecule has 1 atom stereocenters. The maximum Gasteiger partial charge on any atom is 0.264 e. The molecule has 3 N–H and O–H groups in total. The van der Waals surface area contributed by atoms with Crippen molar-refractivity contribution >= 4 is 23.3 Å². The van der Waals surface area contributed by atoms with Gasteiger partial charge in [0.05, 0.1) is 12.1 Å². The van der Waals surface area contributed by atoms with E-state index in [1.54, 1.807) is 54.6 Å². The summed E-state index contributed by atoms with van der Waals surface area (Å²) in [6.45, 7) is -0.350. The molecule has 0 unspecified atom stereocenters. The number of nitrogens with zero attached hydrogens (tertiary/aromatic N) is 1. The highest BCUT2D eigenvalue weighted by Crippen LogP contribution is 2.42. The lowest BCUT2D eigenvalue weighted by Gasteiger charge is -2.22. The molecule has 2 aromatic carbocycles. The summed E-state index contributed by atoms with van der Waals surface area (Å²) in [5.74, 6) is -1.77. The summed E-state index contributed by atoms with van der Waals surface area (Å²) in [6, 6.07) is 15.0. The third-order valence-electron chi connectivity index (χ3n) is 4.07. The molecule has 0 saturated carbocycles. The summed E-state index contributed by atoms with van der Waals surface area (Å²) >= 11 is 0. The fourth-order valence-electron chi connectivity index (χ4n) is 2.95. The summed E-state index contributed by atoms with van der Waals surface area (Å²) in [4.78, 5) is 37.5. The van der Waals surface area contributed by atoms with Gasteiger partial charge >= 0.3 is 0 Å². The van der Waals surface area contributed by atoms with Crippen molar-refractivity contribution in [3.05, 3.63) is 65.7 Å². The number of amides is 2. The highest BCUT2D eigenvalue weighted by atomic mass is 16.3. The van der Waals surface area contributed by atoms with Crippen LogP contribution in [0.3, 0.4) is 0 Å². The Morgan fingerprint density at radius 2 is 1.67 bits per heavy atom. The van der Waals surface area contributed by atoms with Gasteiger partial charge in [0, 0.05) is 11.1 Å². The van der Waals surface area contributed by atoms with Gasteiger partial charge in [0.1, 0.15) is 6.54 Å². The Hall–Kier alpha value is -2.99. The van der Waals surface area contributed by atoms with E-state index in [0.29, 0.717) is 16.8 Å². The first-order chi connectivity index (χ1) is 11.4. The van der Waals surface area contributed by atoms with Crippen LogP contribution >= 0.6 is 0 Å². The van der Waals surface area contributed by atoms with Crippen LogP contribution in [0.5, 0.6) is 0 Å². The van der Waals surface area contributed by atoms with Crippen molar-refractivity contribution in [3.63, 3.8) is 0 Å². The Kier molecular flexibility index (Phi) is 3.91. The number of benzene rings is 2. The van der Waals surface area contributed by atoms with Gasteiger partial charge in [-0.05, 0) is 6.07 Å². The van der Waals surface area contributed by atoms with Gasteiger partial charge in [-0.1, -0.05) is 48.5 Å². The molecular formula is C18H16N2O4. The molecule has 2 amide bonds. The zero-order valence-electron chi connectivity index (χ0n) is 12.8. The van der Waals surface area contributed by atoms with E-state index in [4.69, 9.17) is 5.73 Å². The largest absolute Gasteiger partial charge is 0.375 e. The van der Waals surface area contributed by atoms with Crippen LogP contribution in [0.2, 0.25) is 0 Å². The van der Waals surface area contributed by atoms with E-state index in [1.165, 1.54) is 0 Å². The molecule has 24 heavy (non-hydrogen) atoms. The summed E-state index contributed by atoms with van der Waals surface area (Å²) in [6.07, 6.45) is -0.401. The van der Waals surface area contributed by atoms with Crippen LogP contribution in [0, 0.1) is 0 Å². The quantitative estimate of drug-likeness (QED) is 0.801. The molecule has 0 spiro atoms. The summed E-state index contributed by atoms with van der Waals surface area (Å²) in [5, 5.41) is 11.0.